The predicted molar refractivity (Wildman–Crippen MR) is 423 cm³/mol. The van der Waals surface area contributed by atoms with Crippen LogP contribution in [0.5, 0.6) is 0 Å². The van der Waals surface area contributed by atoms with Crippen molar-refractivity contribution in [3.8, 4) is 0 Å². The number of likely N-dealkylation sites (tertiary alicyclic amines) is 3. The van der Waals surface area contributed by atoms with Crippen LogP contribution in [0.25, 0.3) is 0 Å². The van der Waals surface area contributed by atoms with Crippen LogP contribution in [-0.2, 0) is 52.8 Å². The molecule has 102 heavy (non-hydrogen) atoms. The van der Waals surface area contributed by atoms with Crippen LogP contribution in [0, 0.1) is 32.6 Å². The van der Waals surface area contributed by atoms with Crippen molar-refractivity contribution in [3.05, 3.63) is 93.7 Å². The summed E-state index contributed by atoms with van der Waals surface area (Å²) in [5, 5.41) is 22.7. The van der Waals surface area contributed by atoms with Crippen LogP contribution in [0.3, 0.4) is 0 Å². The average molecular weight is 1640 g/mol. The van der Waals surface area contributed by atoms with Gasteiger partial charge in [0.1, 0.15) is 28.4 Å². The number of fused-ring (bicyclic) bond motifs is 2. The minimum absolute atomic E-state index is 0. The van der Waals surface area contributed by atoms with E-state index in [1.165, 1.54) is 45.9 Å². The Balaban J connectivity index is -0.000000357. The zero-order chi connectivity index (χ0) is 77.0. The quantitative estimate of drug-likeness (QED) is 0.0560. The molecule has 573 valence electrons. The Hall–Kier alpha value is -3.36. The SMILES string of the molecule is CC(C)(C)OC(=O)N1[C@@H]2C[C@@H]2C[C@H]1C(=O)O.CC(C)(C)[Si](Cl)(c1ccccc1)c1ccccc1.CCCC.CC[C@@H]1CC=CN1C(=O)OC(C)(C)C.CC[C@@H]1CCC(=O)N1C(=O)OC(C)(C)C.CC[C@@H]1C[C@H]2C[C@H]2N1C(=O)OC(C)(C)C.ClCI.O=C1CC[C@@H](CO)N1.[B].[CH2-]C.[CH2-]C.[CH2-]C.[Li+].[Zn+2]. The van der Waals surface area contributed by atoms with Crippen molar-refractivity contribution in [1.29, 1.82) is 0 Å². The van der Waals surface area contributed by atoms with Gasteiger partial charge in [-0.25, -0.2) is 28.9 Å². The minimum atomic E-state index is -2.23. The van der Waals surface area contributed by atoms with Gasteiger partial charge in [-0.05, 0) is 175 Å². The number of aliphatic hydroxyl groups excluding tert-OH is 1. The van der Waals surface area contributed by atoms with Crippen LogP contribution in [-0.4, -0.2) is 163 Å². The monoisotopic (exact) mass is 1640 g/mol. The van der Waals surface area contributed by atoms with Crippen LogP contribution in [0.2, 0.25) is 5.04 Å². The van der Waals surface area contributed by atoms with Gasteiger partial charge in [-0.15, -0.1) is 11.6 Å². The Morgan fingerprint density at radius 3 is 1.31 bits per heavy atom. The molecule has 6 amide bonds. The Kier molecular flexibility index (Phi) is 55.3. The maximum Gasteiger partial charge on any atom is 2.00 e. The molecule has 3 radical (unpaired) electrons. The van der Waals surface area contributed by atoms with E-state index in [1.54, 1.807) is 67.2 Å². The first-order valence-electron chi connectivity index (χ1n) is 35.5. The molecular weight excluding hydrogens is 1510 g/mol. The molecule has 6 fully saturated rings. The average Bonchev–Trinajstić information content (AvgIpc) is 1.52. The topological polar surface area (TPSA) is 222 Å². The third kappa shape index (κ3) is 39.0. The van der Waals surface area contributed by atoms with Gasteiger partial charge in [0.15, 0.2) is 0 Å². The third-order valence-electron chi connectivity index (χ3n) is 16.0. The first kappa shape index (κ1) is 107. The molecule has 3 N–H and O–H groups in total. The number of carboxylic acids is 1. The number of hydrogen-bond acceptors (Lipinski definition) is 12. The molecule has 5 aliphatic heterocycles. The molecule has 0 bridgehead atoms. The number of aliphatic carboxylic acids is 1. The summed E-state index contributed by atoms with van der Waals surface area (Å²) in [6.07, 6.45) is 15.3. The van der Waals surface area contributed by atoms with Crippen LogP contribution in [0.15, 0.2) is 72.9 Å². The summed E-state index contributed by atoms with van der Waals surface area (Å²) in [7, 11) is -2.23. The molecule has 9 atom stereocenters. The first-order chi connectivity index (χ1) is 46.1. The molecule has 25 heteroatoms. The van der Waals surface area contributed by atoms with Gasteiger partial charge in [0, 0.05) is 57.7 Å². The number of amides is 6. The summed E-state index contributed by atoms with van der Waals surface area (Å²) in [5.41, 5.74) is -1.90. The summed E-state index contributed by atoms with van der Waals surface area (Å²) < 4.78 is 21.8. The van der Waals surface area contributed by atoms with Crippen LogP contribution >= 0.6 is 45.3 Å². The van der Waals surface area contributed by atoms with Gasteiger partial charge >= 0.3 is 68.7 Å². The molecule has 4 saturated heterocycles. The number of benzene rings is 2. The number of carbonyl (C=O) groups is 7. The summed E-state index contributed by atoms with van der Waals surface area (Å²) in [5.74, 6) is 0.147. The second-order valence-electron chi connectivity index (χ2n) is 29.4. The Morgan fingerprint density at radius 1 is 0.588 bits per heavy atom. The number of piperidine rings is 2. The maximum absolute atomic E-state index is 12.0. The van der Waals surface area contributed by atoms with Crippen LogP contribution < -0.4 is 34.6 Å². The van der Waals surface area contributed by atoms with Gasteiger partial charge in [0.05, 0.1) is 16.5 Å². The van der Waals surface area contributed by atoms with Gasteiger partial charge in [-0.3, -0.25) is 19.4 Å². The van der Waals surface area contributed by atoms with E-state index >= 15 is 0 Å². The van der Waals surface area contributed by atoms with E-state index in [0.717, 1.165) is 50.9 Å². The number of hydrogen-bond donors (Lipinski definition) is 3. The van der Waals surface area contributed by atoms with E-state index in [-0.39, 0.29) is 112 Å². The van der Waals surface area contributed by atoms with Crippen molar-refractivity contribution in [3.63, 3.8) is 0 Å². The largest absolute Gasteiger partial charge is 2.00 e. The summed E-state index contributed by atoms with van der Waals surface area (Å²) >= 11 is 14.2. The number of aliphatic hydroxyl groups is 1. The number of nitrogens with one attached hydrogen (secondary N) is 1. The van der Waals surface area contributed by atoms with E-state index < -0.39 is 48.4 Å². The standard InChI is InChI=1S/C16H19ClSi.C12H21NO2.C11H17NO4.C11H19NO3.C11H19NO2.C5H9NO2.C4H10.3C2H5.CH2ClI.B.Li.Zn/c1-16(2,3)18(17,14-10-6-4-7-11-14)15-12-8-5-9-13-15;1-5-9-6-8-7-10(8)13(9)11(14)15-12(2,3)4;1-11(2,3)16-10(15)12-7-4-6(7)5-8(12)9(13)14;1-5-8-6-7-9(13)12(8)10(14)15-11(2,3)4;1-5-9-7-6-8-12(9)10(13)14-11(2,3)4;7-3-4-1-2-5(8)6-4;1-3-4-2;3*1-2;2-1-3;;;/h4-13H,1-3H3;8-10H,5-7H2,1-4H3;6-8H,4-5H2,1-3H3,(H,13,14);8H,5-7H2,1-4H3;6,8-9H,5,7H2,1-4H3;4,7H,1-3H2,(H,6,8);3-4H2,1-2H3;3*1H2,2H3;1H2;;;/q;;;;;;;3*-1;;;+1;+2/t;8-,9+,10+;6-,7-,8+;8-;9-;4-;;;;;;;;/m.01110......../s1. The number of alkyl halides is 2. The van der Waals surface area contributed by atoms with Crippen molar-refractivity contribution < 1.29 is 101 Å². The van der Waals surface area contributed by atoms with Crippen molar-refractivity contribution in [2.75, 3.05) is 10.5 Å². The second-order valence-corrected chi connectivity index (χ2v) is 37.0. The Bertz CT molecular complexity index is 2660. The van der Waals surface area contributed by atoms with Crippen molar-refractivity contribution in [2.45, 2.75) is 319 Å². The van der Waals surface area contributed by atoms with E-state index in [0.29, 0.717) is 41.2 Å². The van der Waals surface area contributed by atoms with Gasteiger partial charge in [0.2, 0.25) is 19.2 Å². The van der Waals surface area contributed by atoms with Gasteiger partial charge in [0.25, 0.3) is 0 Å². The normalized spacial score (nSPS) is 21.3. The Labute approximate surface area is 669 Å². The summed E-state index contributed by atoms with van der Waals surface area (Å²) in [4.78, 5) is 86.5. The fraction of sp³-hybridized carbons (Fsp3) is 0.688. The molecule has 2 aliphatic carbocycles. The number of carboxylic acid groups (broad SMARTS) is 1. The minimum Gasteiger partial charge on any atom is -0.480 e. The molecule has 2 aromatic rings. The number of rotatable bonds is 8. The number of ether oxygens (including phenoxy) is 4. The molecule has 9 rings (SSSR count). The molecule has 7 aliphatic rings. The fourth-order valence-electron chi connectivity index (χ4n) is 11.1. The smallest absolute Gasteiger partial charge is 0.480 e. The second kappa shape index (κ2) is 52.6. The van der Waals surface area contributed by atoms with Crippen LogP contribution in [0.4, 0.5) is 19.2 Å². The zero-order valence-electron chi connectivity index (χ0n) is 67.2. The molecule has 0 spiro atoms. The van der Waals surface area contributed by atoms with Crippen LogP contribution in [0.1, 0.15) is 249 Å². The molecule has 2 saturated carbocycles. The maximum atomic E-state index is 12.0. The molecule has 0 aromatic heterocycles. The molecule has 2 aromatic carbocycles. The number of carbonyl (C=O) groups excluding carboxylic acids is 6. The van der Waals surface area contributed by atoms with E-state index in [2.05, 4.69) is 146 Å². The Morgan fingerprint density at radius 2 is 0.971 bits per heavy atom. The van der Waals surface area contributed by atoms with E-state index in [4.69, 9.17) is 51.8 Å². The molecule has 18 nitrogen and oxygen atoms in total. The van der Waals surface area contributed by atoms with Crippen molar-refractivity contribution >= 4 is 114 Å². The number of halogens is 3. The van der Waals surface area contributed by atoms with Gasteiger partial charge in [-0.1, -0.05) is 158 Å². The summed E-state index contributed by atoms with van der Waals surface area (Å²) in [6.45, 7) is 54.5. The molecule has 0 unspecified atom stereocenters. The predicted octanol–water partition coefficient (Wildman–Crippen LogP) is 15.1. The molecule has 5 heterocycles. The third-order valence-corrected chi connectivity index (χ3v) is 23.3. The van der Waals surface area contributed by atoms with Crippen molar-refractivity contribution in [2.24, 2.45) is 11.8 Å². The first-order valence-corrected chi connectivity index (χ1v) is 40.6. The van der Waals surface area contributed by atoms with Gasteiger partial charge in [-0.2, -0.15) is 31.9 Å². The molecular formula is C77H131BCl2ILiN5O13SiZn. The zero-order valence-corrected chi connectivity index (χ0v) is 74.8. The van der Waals surface area contributed by atoms with E-state index in [9.17, 15) is 33.6 Å². The number of nitrogens with zero attached hydrogens (tertiary/aromatic N) is 4. The van der Waals surface area contributed by atoms with Crippen molar-refractivity contribution in [1.82, 2.24) is 24.9 Å². The number of unbranched alkanes of at least 4 members (excludes halogenated alkanes) is 1. The fourth-order valence-corrected chi connectivity index (χ4v) is 15.2. The van der Waals surface area contributed by atoms with Gasteiger partial charge < -0.3 is 60.1 Å². The number of imide groups is 1. The summed E-state index contributed by atoms with van der Waals surface area (Å²) in [6, 6.07) is 21.7. The van der Waals surface area contributed by atoms with E-state index in [1.807, 2.05) is 77.8 Å².